The van der Waals surface area contributed by atoms with Gasteiger partial charge in [0.15, 0.2) is 5.54 Å². The molecule has 0 unspecified atom stereocenters. The summed E-state index contributed by atoms with van der Waals surface area (Å²) in [5.41, 5.74) is -1.56. The third kappa shape index (κ3) is 3.74. The second-order valence-corrected chi connectivity index (χ2v) is 3.45. The van der Waals surface area contributed by atoms with Gasteiger partial charge in [-0.3, -0.25) is 4.79 Å². The van der Waals surface area contributed by atoms with Crippen molar-refractivity contribution in [3.8, 4) is 0 Å². The maximum absolute atomic E-state index is 11.2. The first-order chi connectivity index (χ1) is 6.46. The van der Waals surface area contributed by atoms with Crippen LogP contribution < -0.4 is 5.32 Å². The zero-order valence-electron chi connectivity index (χ0n) is 8.54. The van der Waals surface area contributed by atoms with Gasteiger partial charge in [0, 0.05) is 6.42 Å². The molecule has 0 aromatic rings. The highest BCUT2D eigenvalue weighted by Gasteiger charge is 2.33. The highest BCUT2D eigenvalue weighted by atomic mass is 16.4. The molecule has 0 fully saturated rings. The number of nitrogens with one attached hydrogen (secondary N) is 1. The summed E-state index contributed by atoms with van der Waals surface area (Å²) in [4.78, 5) is 21.9. The molecule has 0 aromatic carbocycles. The Bertz CT molecular complexity index is 217. The fourth-order valence-electron chi connectivity index (χ4n) is 0.868. The highest BCUT2D eigenvalue weighted by molar-refractivity contribution is 5.86. The van der Waals surface area contributed by atoms with Crippen LogP contribution >= 0.6 is 0 Å². The van der Waals surface area contributed by atoms with Gasteiger partial charge in [0.05, 0.1) is 6.61 Å². The van der Waals surface area contributed by atoms with Crippen LogP contribution in [0.2, 0.25) is 0 Å². The fraction of sp³-hybridized carbons (Fsp3) is 0.778. The predicted molar refractivity (Wildman–Crippen MR) is 50.8 cm³/mol. The first-order valence-corrected chi connectivity index (χ1v) is 4.61. The molecular weight excluding hydrogens is 186 g/mol. The van der Waals surface area contributed by atoms with Crippen LogP contribution in [-0.4, -0.2) is 34.2 Å². The molecule has 1 amide bonds. The molecule has 5 heteroatoms. The standard InChI is InChI=1S/C9H17NO4/c1-3-4-5-7(12)10-9(2,6-11)8(13)14/h11H,3-6H2,1-2H3,(H,10,12)(H,13,14)/t9-/m0/s1. The van der Waals surface area contributed by atoms with E-state index in [0.717, 1.165) is 6.42 Å². The monoisotopic (exact) mass is 203 g/mol. The number of amides is 1. The summed E-state index contributed by atoms with van der Waals surface area (Å²) in [6, 6.07) is 0. The van der Waals surface area contributed by atoms with Crippen molar-refractivity contribution in [3.63, 3.8) is 0 Å². The summed E-state index contributed by atoms with van der Waals surface area (Å²) in [5, 5.41) is 19.9. The van der Waals surface area contributed by atoms with Gasteiger partial charge < -0.3 is 15.5 Å². The summed E-state index contributed by atoms with van der Waals surface area (Å²) in [6.45, 7) is 2.61. The molecule has 0 heterocycles. The van der Waals surface area contributed by atoms with Crippen molar-refractivity contribution in [2.24, 2.45) is 0 Å². The van der Waals surface area contributed by atoms with E-state index in [2.05, 4.69) is 5.32 Å². The van der Waals surface area contributed by atoms with Gasteiger partial charge in [0.1, 0.15) is 0 Å². The van der Waals surface area contributed by atoms with E-state index >= 15 is 0 Å². The lowest BCUT2D eigenvalue weighted by molar-refractivity contribution is -0.148. The molecule has 0 aliphatic rings. The minimum Gasteiger partial charge on any atom is -0.479 e. The van der Waals surface area contributed by atoms with Crippen molar-refractivity contribution in [1.29, 1.82) is 0 Å². The van der Waals surface area contributed by atoms with Crippen LogP contribution in [0.25, 0.3) is 0 Å². The average Bonchev–Trinajstić information content (AvgIpc) is 2.14. The van der Waals surface area contributed by atoms with E-state index in [1.54, 1.807) is 0 Å². The number of hydrogen-bond donors (Lipinski definition) is 3. The Kier molecular flexibility index (Phi) is 5.15. The van der Waals surface area contributed by atoms with Crippen molar-refractivity contribution >= 4 is 11.9 Å². The fourth-order valence-corrected chi connectivity index (χ4v) is 0.868. The minimum atomic E-state index is -1.56. The van der Waals surface area contributed by atoms with E-state index < -0.39 is 18.1 Å². The molecule has 0 saturated heterocycles. The van der Waals surface area contributed by atoms with Crippen LogP contribution in [0.3, 0.4) is 0 Å². The second kappa shape index (κ2) is 5.59. The largest absolute Gasteiger partial charge is 0.479 e. The average molecular weight is 203 g/mol. The normalized spacial score (nSPS) is 14.5. The smallest absolute Gasteiger partial charge is 0.331 e. The van der Waals surface area contributed by atoms with E-state index in [0.29, 0.717) is 12.8 Å². The van der Waals surface area contributed by atoms with Gasteiger partial charge in [0.25, 0.3) is 0 Å². The molecule has 0 aliphatic carbocycles. The Morgan fingerprint density at radius 3 is 2.36 bits per heavy atom. The quantitative estimate of drug-likeness (QED) is 0.572. The molecule has 5 nitrogen and oxygen atoms in total. The molecular formula is C9H17NO4. The number of aliphatic hydroxyl groups excluding tert-OH is 1. The van der Waals surface area contributed by atoms with Crippen LogP contribution in [0.1, 0.15) is 33.1 Å². The van der Waals surface area contributed by atoms with Gasteiger partial charge in [-0.1, -0.05) is 13.3 Å². The Balaban J connectivity index is 4.18. The molecule has 3 N–H and O–H groups in total. The number of hydrogen-bond acceptors (Lipinski definition) is 3. The van der Waals surface area contributed by atoms with E-state index in [9.17, 15) is 9.59 Å². The number of carboxylic acids is 1. The Morgan fingerprint density at radius 1 is 1.43 bits per heavy atom. The van der Waals surface area contributed by atoms with Crippen LogP contribution in [0, 0.1) is 0 Å². The van der Waals surface area contributed by atoms with Crippen molar-refractivity contribution in [2.45, 2.75) is 38.6 Å². The van der Waals surface area contributed by atoms with E-state index in [1.807, 2.05) is 6.92 Å². The molecule has 82 valence electrons. The Labute approximate surface area is 83.1 Å². The number of unbranched alkanes of at least 4 members (excludes halogenated alkanes) is 1. The molecule has 14 heavy (non-hydrogen) atoms. The van der Waals surface area contributed by atoms with Crippen LogP contribution in [0.5, 0.6) is 0 Å². The number of carbonyl (C=O) groups is 2. The molecule has 0 bridgehead atoms. The van der Waals surface area contributed by atoms with Crippen LogP contribution in [-0.2, 0) is 9.59 Å². The molecule has 1 atom stereocenters. The van der Waals surface area contributed by atoms with Gasteiger partial charge in [-0.05, 0) is 13.3 Å². The summed E-state index contributed by atoms with van der Waals surface area (Å²) >= 11 is 0. The number of aliphatic carboxylic acids is 1. The lowest BCUT2D eigenvalue weighted by atomic mass is 10.0. The second-order valence-electron chi connectivity index (χ2n) is 3.45. The number of carboxylic acid groups (broad SMARTS) is 1. The number of rotatable bonds is 6. The SMILES string of the molecule is CCCCC(=O)N[C@@](C)(CO)C(=O)O. The molecule has 0 aromatic heterocycles. The Hall–Kier alpha value is -1.10. The van der Waals surface area contributed by atoms with Gasteiger partial charge in [-0.15, -0.1) is 0 Å². The van der Waals surface area contributed by atoms with Gasteiger partial charge in [-0.25, -0.2) is 4.79 Å². The third-order valence-corrected chi connectivity index (χ3v) is 1.96. The Morgan fingerprint density at radius 2 is 2.00 bits per heavy atom. The van der Waals surface area contributed by atoms with E-state index in [1.165, 1.54) is 6.92 Å². The van der Waals surface area contributed by atoms with Crippen molar-refractivity contribution < 1.29 is 19.8 Å². The molecule has 0 saturated carbocycles. The first-order valence-electron chi connectivity index (χ1n) is 4.61. The van der Waals surface area contributed by atoms with Gasteiger partial charge in [-0.2, -0.15) is 0 Å². The zero-order chi connectivity index (χ0) is 11.2. The van der Waals surface area contributed by atoms with E-state index in [4.69, 9.17) is 10.2 Å². The minimum absolute atomic E-state index is 0.291. The van der Waals surface area contributed by atoms with Gasteiger partial charge >= 0.3 is 5.97 Å². The first kappa shape index (κ1) is 12.9. The summed E-state index contributed by atoms with van der Waals surface area (Å²) in [5.74, 6) is -1.57. The number of carbonyl (C=O) groups excluding carboxylic acids is 1. The summed E-state index contributed by atoms with van der Waals surface area (Å²) in [6.07, 6.45) is 1.88. The summed E-state index contributed by atoms with van der Waals surface area (Å²) in [7, 11) is 0. The van der Waals surface area contributed by atoms with Crippen LogP contribution in [0.4, 0.5) is 0 Å². The molecule has 0 rings (SSSR count). The molecule has 0 radical (unpaired) electrons. The van der Waals surface area contributed by atoms with Crippen molar-refractivity contribution in [1.82, 2.24) is 5.32 Å². The van der Waals surface area contributed by atoms with Crippen molar-refractivity contribution in [2.75, 3.05) is 6.61 Å². The maximum Gasteiger partial charge on any atom is 0.331 e. The third-order valence-electron chi connectivity index (χ3n) is 1.96. The van der Waals surface area contributed by atoms with E-state index in [-0.39, 0.29) is 5.91 Å². The zero-order valence-corrected chi connectivity index (χ0v) is 8.54. The topological polar surface area (TPSA) is 86.6 Å². The maximum atomic E-state index is 11.2. The van der Waals surface area contributed by atoms with Gasteiger partial charge in [0.2, 0.25) is 5.91 Å². The molecule has 0 spiro atoms. The highest BCUT2D eigenvalue weighted by Crippen LogP contribution is 2.04. The lowest BCUT2D eigenvalue weighted by Crippen LogP contribution is -2.54. The summed E-state index contributed by atoms with van der Waals surface area (Å²) < 4.78 is 0. The number of aliphatic hydroxyl groups is 1. The lowest BCUT2D eigenvalue weighted by Gasteiger charge is -2.23. The van der Waals surface area contributed by atoms with Crippen molar-refractivity contribution in [3.05, 3.63) is 0 Å². The molecule has 0 aliphatic heterocycles. The van der Waals surface area contributed by atoms with Crippen LogP contribution in [0.15, 0.2) is 0 Å². The predicted octanol–water partition coefficient (Wildman–Crippen LogP) is 0.128.